The van der Waals surface area contributed by atoms with Gasteiger partial charge in [0, 0.05) is 11.6 Å². The molecule has 0 atom stereocenters. The van der Waals surface area contributed by atoms with Gasteiger partial charge in [-0.2, -0.15) is 0 Å². The molecular weight excluding hydrogens is 222 g/mol. The van der Waals surface area contributed by atoms with Crippen molar-refractivity contribution in [3.63, 3.8) is 0 Å². The molecule has 0 radical (unpaired) electrons. The summed E-state index contributed by atoms with van der Waals surface area (Å²) in [5.74, 6) is -0.452. The van der Waals surface area contributed by atoms with E-state index in [0.717, 1.165) is 0 Å². The van der Waals surface area contributed by atoms with Gasteiger partial charge in [-0.3, -0.25) is 14.9 Å². The number of carbonyl (C=O) groups is 1. The molecule has 1 aromatic rings. The molecule has 0 unspecified atom stereocenters. The van der Waals surface area contributed by atoms with Crippen LogP contribution in [-0.4, -0.2) is 17.5 Å². The molecular formula is C12H17NO4. The summed E-state index contributed by atoms with van der Waals surface area (Å²) in [5, 5.41) is 10.6. The third-order valence-corrected chi connectivity index (χ3v) is 1.83. The molecule has 17 heavy (non-hydrogen) atoms. The Hall–Kier alpha value is -1.91. The van der Waals surface area contributed by atoms with Crippen LogP contribution in [0.5, 0.6) is 0 Å². The maximum atomic E-state index is 11.1. The highest BCUT2D eigenvalue weighted by Gasteiger charge is 2.15. The van der Waals surface area contributed by atoms with E-state index < -0.39 is 10.9 Å². The first-order valence-electron chi connectivity index (χ1n) is 5.53. The molecule has 1 aromatic carbocycles. The number of nitrogens with zero attached hydrogens (tertiary/aromatic N) is 1. The van der Waals surface area contributed by atoms with Gasteiger partial charge in [-0.15, -0.1) is 0 Å². The molecule has 0 bridgehead atoms. The maximum Gasteiger partial charge on any atom is 0.310 e. The summed E-state index contributed by atoms with van der Waals surface area (Å²) in [6, 6.07) is 6.14. The zero-order valence-corrected chi connectivity index (χ0v) is 10.3. The zero-order valence-electron chi connectivity index (χ0n) is 10.3. The van der Waals surface area contributed by atoms with Crippen LogP contribution in [0.3, 0.4) is 0 Å². The fourth-order valence-electron chi connectivity index (χ4n) is 1.21. The van der Waals surface area contributed by atoms with E-state index in [4.69, 9.17) is 4.74 Å². The number of ether oxygens (including phenoxy) is 1. The highest BCUT2D eigenvalue weighted by Crippen LogP contribution is 2.18. The molecule has 5 heteroatoms. The Morgan fingerprint density at radius 1 is 1.35 bits per heavy atom. The molecule has 0 heterocycles. The first-order valence-corrected chi connectivity index (χ1v) is 5.53. The minimum absolute atomic E-state index is 0.0504. The minimum atomic E-state index is -0.505. The Balaban J connectivity index is 0.00000121. The molecule has 0 aliphatic rings. The van der Waals surface area contributed by atoms with E-state index in [1.165, 1.54) is 6.07 Å². The lowest BCUT2D eigenvalue weighted by molar-refractivity contribution is -0.385. The van der Waals surface area contributed by atoms with E-state index in [0.29, 0.717) is 5.56 Å². The van der Waals surface area contributed by atoms with Crippen LogP contribution in [0.1, 0.15) is 26.3 Å². The molecule has 0 amide bonds. The van der Waals surface area contributed by atoms with Crippen molar-refractivity contribution >= 4 is 11.7 Å². The number of rotatable bonds is 4. The number of nitro groups is 1. The average molecular weight is 239 g/mol. The Morgan fingerprint density at radius 3 is 2.47 bits per heavy atom. The highest BCUT2D eigenvalue weighted by molar-refractivity contribution is 5.74. The summed E-state index contributed by atoms with van der Waals surface area (Å²) < 4.78 is 4.72. The monoisotopic (exact) mass is 239 g/mol. The van der Waals surface area contributed by atoms with Crippen molar-refractivity contribution in [1.82, 2.24) is 0 Å². The Labute approximate surface area is 101 Å². The second kappa shape index (κ2) is 8.27. The zero-order chi connectivity index (χ0) is 13.3. The van der Waals surface area contributed by atoms with Crippen molar-refractivity contribution in [3.8, 4) is 0 Å². The summed E-state index contributed by atoms with van der Waals surface area (Å²) in [4.78, 5) is 21.3. The van der Waals surface area contributed by atoms with Crippen LogP contribution in [-0.2, 0) is 16.0 Å². The fourth-order valence-corrected chi connectivity index (χ4v) is 1.21. The largest absolute Gasteiger partial charge is 0.466 e. The Morgan fingerprint density at radius 2 is 1.94 bits per heavy atom. The summed E-state index contributed by atoms with van der Waals surface area (Å²) in [6.07, 6.45) is -0.0645. The number of hydrogen-bond donors (Lipinski definition) is 0. The summed E-state index contributed by atoms with van der Waals surface area (Å²) in [5.41, 5.74) is 0.325. The van der Waals surface area contributed by atoms with E-state index in [-0.39, 0.29) is 18.7 Å². The molecule has 0 aliphatic carbocycles. The molecule has 0 spiro atoms. The molecule has 0 aromatic heterocycles. The second-order valence-electron chi connectivity index (χ2n) is 2.87. The van der Waals surface area contributed by atoms with Gasteiger partial charge in [0.2, 0.25) is 0 Å². The molecule has 0 N–H and O–H groups in total. The van der Waals surface area contributed by atoms with Gasteiger partial charge in [0.15, 0.2) is 0 Å². The Kier molecular flexibility index (Phi) is 7.34. The van der Waals surface area contributed by atoms with Crippen molar-refractivity contribution in [2.24, 2.45) is 0 Å². The standard InChI is InChI=1S/C10H11NO4.C2H6/c1-2-15-10(12)7-8-5-3-4-6-9(8)11(13)14;1-2/h3-6H,2,7H2,1H3;1-2H3. The van der Waals surface area contributed by atoms with Crippen LogP contribution in [0.2, 0.25) is 0 Å². The van der Waals surface area contributed by atoms with Crippen LogP contribution in [0, 0.1) is 10.1 Å². The van der Waals surface area contributed by atoms with Crippen molar-refractivity contribution in [1.29, 1.82) is 0 Å². The lowest BCUT2D eigenvalue weighted by Gasteiger charge is -2.02. The van der Waals surface area contributed by atoms with Gasteiger partial charge >= 0.3 is 5.97 Å². The fraction of sp³-hybridized carbons (Fsp3) is 0.417. The van der Waals surface area contributed by atoms with Gasteiger partial charge in [-0.25, -0.2) is 0 Å². The highest BCUT2D eigenvalue weighted by atomic mass is 16.6. The first kappa shape index (κ1) is 15.1. The van der Waals surface area contributed by atoms with Crippen LogP contribution in [0.25, 0.3) is 0 Å². The van der Waals surface area contributed by atoms with Crippen molar-refractivity contribution < 1.29 is 14.5 Å². The number of carbonyl (C=O) groups excluding carboxylic acids is 1. The van der Waals surface area contributed by atoms with Gasteiger partial charge in [0.1, 0.15) is 0 Å². The molecule has 0 saturated carbocycles. The molecule has 0 aliphatic heterocycles. The lowest BCUT2D eigenvalue weighted by Crippen LogP contribution is -2.08. The maximum absolute atomic E-state index is 11.1. The van der Waals surface area contributed by atoms with Crippen LogP contribution in [0.15, 0.2) is 24.3 Å². The average Bonchev–Trinajstić information content (AvgIpc) is 2.32. The van der Waals surface area contributed by atoms with Crippen LogP contribution in [0.4, 0.5) is 5.69 Å². The topological polar surface area (TPSA) is 69.4 Å². The van der Waals surface area contributed by atoms with Crippen molar-refractivity contribution in [3.05, 3.63) is 39.9 Å². The first-order chi connectivity index (χ1) is 8.15. The number of benzene rings is 1. The Bertz CT molecular complexity index is 377. The van der Waals surface area contributed by atoms with Gasteiger partial charge in [0.05, 0.1) is 18.0 Å². The summed E-state index contributed by atoms with van der Waals surface area (Å²) >= 11 is 0. The number of esters is 1. The molecule has 0 fully saturated rings. The summed E-state index contributed by atoms with van der Waals surface area (Å²) in [6.45, 7) is 5.97. The smallest absolute Gasteiger partial charge is 0.310 e. The minimum Gasteiger partial charge on any atom is -0.466 e. The van der Waals surface area contributed by atoms with Crippen LogP contribution < -0.4 is 0 Å². The van der Waals surface area contributed by atoms with Gasteiger partial charge in [-0.05, 0) is 6.92 Å². The molecule has 0 saturated heterocycles. The number of nitro benzene ring substituents is 1. The predicted octanol–water partition coefficient (Wildman–Crippen LogP) is 2.73. The van der Waals surface area contributed by atoms with Crippen molar-refractivity contribution in [2.45, 2.75) is 27.2 Å². The third-order valence-electron chi connectivity index (χ3n) is 1.83. The van der Waals surface area contributed by atoms with Crippen molar-refractivity contribution in [2.75, 3.05) is 6.61 Å². The normalized spacial score (nSPS) is 8.88. The number of hydrogen-bond acceptors (Lipinski definition) is 4. The third kappa shape index (κ3) is 5.10. The van der Waals surface area contributed by atoms with Crippen LogP contribution >= 0.6 is 0 Å². The van der Waals surface area contributed by atoms with Gasteiger partial charge in [0.25, 0.3) is 5.69 Å². The molecule has 1 rings (SSSR count). The van der Waals surface area contributed by atoms with E-state index in [1.807, 2.05) is 13.8 Å². The molecule has 5 nitrogen and oxygen atoms in total. The van der Waals surface area contributed by atoms with Gasteiger partial charge < -0.3 is 4.74 Å². The second-order valence-corrected chi connectivity index (χ2v) is 2.87. The lowest BCUT2D eigenvalue weighted by atomic mass is 10.1. The molecule has 94 valence electrons. The number of para-hydroxylation sites is 1. The van der Waals surface area contributed by atoms with E-state index >= 15 is 0 Å². The van der Waals surface area contributed by atoms with Gasteiger partial charge in [-0.1, -0.05) is 32.0 Å². The van der Waals surface area contributed by atoms with E-state index in [9.17, 15) is 14.9 Å². The quantitative estimate of drug-likeness (QED) is 0.460. The van der Waals surface area contributed by atoms with E-state index in [1.54, 1.807) is 25.1 Å². The predicted molar refractivity (Wildman–Crippen MR) is 64.8 cm³/mol. The van der Waals surface area contributed by atoms with E-state index in [2.05, 4.69) is 0 Å². The summed E-state index contributed by atoms with van der Waals surface area (Å²) in [7, 11) is 0. The SMILES string of the molecule is CC.CCOC(=O)Cc1ccccc1[N+](=O)[O-].